The van der Waals surface area contributed by atoms with Gasteiger partial charge in [-0.2, -0.15) is 10.5 Å². The van der Waals surface area contributed by atoms with Crippen molar-refractivity contribution in [3.63, 3.8) is 0 Å². The van der Waals surface area contributed by atoms with E-state index in [0.29, 0.717) is 27.9 Å². The van der Waals surface area contributed by atoms with Crippen LogP contribution in [0.1, 0.15) is 29.8 Å². The van der Waals surface area contributed by atoms with E-state index in [1.807, 2.05) is 13.0 Å². The number of hydrogen-bond acceptors (Lipinski definition) is 8. The summed E-state index contributed by atoms with van der Waals surface area (Å²) < 4.78 is 13.9. The van der Waals surface area contributed by atoms with Gasteiger partial charge in [0.05, 0.1) is 28.5 Å². The number of pyridine rings is 2. The van der Waals surface area contributed by atoms with Crippen molar-refractivity contribution < 1.29 is 4.39 Å². The van der Waals surface area contributed by atoms with Gasteiger partial charge in [-0.1, -0.05) is 6.07 Å². The Morgan fingerprint density at radius 3 is 2.58 bits per heavy atom. The molecule has 4 rings (SSSR count). The summed E-state index contributed by atoms with van der Waals surface area (Å²) in [4.78, 5) is 17.0. The van der Waals surface area contributed by atoms with Gasteiger partial charge < -0.3 is 11.1 Å². The molecule has 0 spiro atoms. The predicted molar refractivity (Wildman–Crippen MR) is 113 cm³/mol. The molecule has 1 atom stereocenters. The second-order valence-electron chi connectivity index (χ2n) is 6.70. The van der Waals surface area contributed by atoms with Crippen molar-refractivity contribution in [1.82, 2.24) is 19.9 Å². The summed E-state index contributed by atoms with van der Waals surface area (Å²) >= 11 is 0. The van der Waals surface area contributed by atoms with Crippen LogP contribution < -0.4 is 11.1 Å². The van der Waals surface area contributed by atoms with Gasteiger partial charge in [0.25, 0.3) is 0 Å². The number of nitrogens with one attached hydrogen (secondary N) is 1. The molecular weight excluding hydrogens is 395 g/mol. The summed E-state index contributed by atoms with van der Waals surface area (Å²) in [5.74, 6) is -0.169. The maximum Gasteiger partial charge on any atom is 0.150 e. The van der Waals surface area contributed by atoms with Crippen LogP contribution in [0.5, 0.6) is 0 Å². The fraction of sp³-hybridized carbons (Fsp3) is 0.0909. The molecule has 1 aromatic carbocycles. The maximum atomic E-state index is 13.9. The van der Waals surface area contributed by atoms with Gasteiger partial charge in [0.15, 0.2) is 0 Å². The van der Waals surface area contributed by atoms with Crippen molar-refractivity contribution in [2.24, 2.45) is 0 Å². The van der Waals surface area contributed by atoms with E-state index < -0.39 is 11.9 Å². The third-order valence-electron chi connectivity index (χ3n) is 4.76. The summed E-state index contributed by atoms with van der Waals surface area (Å²) in [6, 6.07) is 13.1. The number of nitrogens with zero attached hydrogens (tertiary/aromatic N) is 6. The van der Waals surface area contributed by atoms with Crippen molar-refractivity contribution in [1.29, 1.82) is 10.5 Å². The summed E-state index contributed by atoms with van der Waals surface area (Å²) in [6.45, 7) is 1.81. The minimum Gasteiger partial charge on any atom is -0.382 e. The number of nitriles is 2. The SMILES string of the molecule is CC(Nc1ncnc(N)c1C#N)c1nc2ccc(F)cc2c(C#N)c1-c1ccccn1. The van der Waals surface area contributed by atoms with Crippen LogP contribution in [0.3, 0.4) is 0 Å². The fourth-order valence-corrected chi connectivity index (χ4v) is 3.35. The lowest BCUT2D eigenvalue weighted by Crippen LogP contribution is -2.14. The highest BCUT2D eigenvalue weighted by molar-refractivity contribution is 5.92. The third-order valence-corrected chi connectivity index (χ3v) is 4.76. The van der Waals surface area contributed by atoms with E-state index in [4.69, 9.17) is 10.7 Å². The Labute approximate surface area is 176 Å². The van der Waals surface area contributed by atoms with E-state index in [9.17, 15) is 14.9 Å². The molecule has 8 nitrogen and oxygen atoms in total. The standard InChI is InChI=1S/C22H15FN8/c1-12(30-22-16(10-25)21(26)28-11-29-22)20-19(18-4-2-3-7-27-18)15(9-24)14-8-13(23)5-6-17(14)31-20/h2-8,11-12H,1H3,(H3,26,28,29,30). The highest BCUT2D eigenvalue weighted by atomic mass is 19.1. The van der Waals surface area contributed by atoms with Crippen molar-refractivity contribution in [3.05, 3.63) is 71.6 Å². The number of nitrogen functional groups attached to an aromatic ring is 1. The van der Waals surface area contributed by atoms with Gasteiger partial charge in [0.2, 0.25) is 0 Å². The van der Waals surface area contributed by atoms with E-state index in [1.165, 1.54) is 24.5 Å². The zero-order chi connectivity index (χ0) is 22.0. The van der Waals surface area contributed by atoms with Crippen LogP contribution >= 0.6 is 0 Å². The number of aromatic nitrogens is 4. The summed E-state index contributed by atoms with van der Waals surface area (Å²) in [5.41, 5.74) is 8.10. The maximum absolute atomic E-state index is 13.9. The minimum atomic E-state index is -0.500. The monoisotopic (exact) mass is 410 g/mol. The van der Waals surface area contributed by atoms with Crippen LogP contribution in [-0.2, 0) is 0 Å². The third kappa shape index (κ3) is 3.56. The van der Waals surface area contributed by atoms with Crippen LogP contribution in [0.2, 0.25) is 0 Å². The van der Waals surface area contributed by atoms with Gasteiger partial charge in [0.1, 0.15) is 41.5 Å². The zero-order valence-electron chi connectivity index (χ0n) is 16.3. The second-order valence-corrected chi connectivity index (χ2v) is 6.70. The summed E-state index contributed by atoms with van der Waals surface area (Å²) in [5, 5.41) is 22.9. The van der Waals surface area contributed by atoms with E-state index in [-0.39, 0.29) is 22.8 Å². The molecule has 0 saturated heterocycles. The Hall–Kier alpha value is -4.63. The average molecular weight is 410 g/mol. The molecule has 9 heteroatoms. The predicted octanol–water partition coefficient (Wildman–Crippen LogP) is 3.72. The van der Waals surface area contributed by atoms with Crippen LogP contribution in [-0.4, -0.2) is 19.9 Å². The Morgan fingerprint density at radius 1 is 1.06 bits per heavy atom. The van der Waals surface area contributed by atoms with Crippen molar-refractivity contribution >= 4 is 22.5 Å². The molecule has 3 N–H and O–H groups in total. The second kappa shape index (κ2) is 8.01. The molecule has 0 radical (unpaired) electrons. The lowest BCUT2D eigenvalue weighted by Gasteiger charge is -2.20. The zero-order valence-corrected chi connectivity index (χ0v) is 16.3. The number of benzene rings is 1. The molecule has 150 valence electrons. The molecule has 0 amide bonds. The van der Waals surface area contributed by atoms with Gasteiger partial charge in [-0.25, -0.2) is 19.3 Å². The van der Waals surface area contributed by atoms with Gasteiger partial charge in [0, 0.05) is 17.1 Å². The largest absolute Gasteiger partial charge is 0.382 e. The molecule has 0 fully saturated rings. The minimum absolute atomic E-state index is 0.0526. The van der Waals surface area contributed by atoms with Crippen LogP contribution in [0.15, 0.2) is 48.9 Å². The molecule has 0 aliphatic heterocycles. The van der Waals surface area contributed by atoms with Crippen LogP contribution in [0, 0.1) is 28.5 Å². The van der Waals surface area contributed by atoms with E-state index in [1.54, 1.807) is 24.4 Å². The van der Waals surface area contributed by atoms with Crippen molar-refractivity contribution in [3.8, 4) is 23.4 Å². The first-order valence-electron chi connectivity index (χ1n) is 9.25. The molecule has 4 aromatic rings. The Kier molecular flexibility index (Phi) is 5.08. The first-order valence-corrected chi connectivity index (χ1v) is 9.25. The van der Waals surface area contributed by atoms with Gasteiger partial charge in [-0.3, -0.25) is 4.98 Å². The van der Waals surface area contributed by atoms with Gasteiger partial charge in [-0.15, -0.1) is 0 Å². The summed E-state index contributed by atoms with van der Waals surface area (Å²) in [6.07, 6.45) is 2.86. The molecule has 31 heavy (non-hydrogen) atoms. The lowest BCUT2D eigenvalue weighted by atomic mass is 9.95. The molecule has 0 saturated carbocycles. The van der Waals surface area contributed by atoms with Crippen LogP contribution in [0.4, 0.5) is 16.0 Å². The van der Waals surface area contributed by atoms with Crippen LogP contribution in [0.25, 0.3) is 22.2 Å². The number of fused-ring (bicyclic) bond motifs is 1. The Morgan fingerprint density at radius 2 is 1.87 bits per heavy atom. The molecule has 0 aliphatic rings. The highest BCUT2D eigenvalue weighted by Crippen LogP contribution is 2.35. The molecule has 0 aliphatic carbocycles. The highest BCUT2D eigenvalue weighted by Gasteiger charge is 2.23. The van der Waals surface area contributed by atoms with E-state index >= 15 is 0 Å². The molecular formula is C22H15FN8. The number of hydrogen-bond donors (Lipinski definition) is 2. The molecule has 3 aromatic heterocycles. The molecule has 1 unspecified atom stereocenters. The quantitative estimate of drug-likeness (QED) is 0.519. The number of rotatable bonds is 4. The Bertz CT molecular complexity index is 1370. The fourth-order valence-electron chi connectivity index (χ4n) is 3.35. The van der Waals surface area contributed by atoms with E-state index in [2.05, 4.69) is 26.3 Å². The number of anilines is 2. The van der Waals surface area contributed by atoms with Crippen molar-refractivity contribution in [2.45, 2.75) is 13.0 Å². The normalized spacial score (nSPS) is 11.5. The molecule has 3 heterocycles. The van der Waals surface area contributed by atoms with Crippen molar-refractivity contribution in [2.75, 3.05) is 11.1 Å². The van der Waals surface area contributed by atoms with E-state index in [0.717, 1.165) is 0 Å². The number of nitrogens with two attached hydrogens (primary N) is 1. The molecule has 0 bridgehead atoms. The average Bonchev–Trinajstić information content (AvgIpc) is 2.78. The first-order chi connectivity index (χ1) is 15.0. The lowest BCUT2D eigenvalue weighted by molar-refractivity contribution is 0.629. The van der Waals surface area contributed by atoms with Gasteiger partial charge >= 0.3 is 0 Å². The first kappa shape index (κ1) is 19.7. The number of halogens is 1. The Balaban J connectivity index is 1.95. The smallest absolute Gasteiger partial charge is 0.150 e. The summed E-state index contributed by atoms with van der Waals surface area (Å²) in [7, 11) is 0. The van der Waals surface area contributed by atoms with Gasteiger partial charge in [-0.05, 0) is 37.3 Å². The topological polar surface area (TPSA) is 137 Å².